The summed E-state index contributed by atoms with van der Waals surface area (Å²) in [6, 6.07) is 4.20. The van der Waals surface area contributed by atoms with Crippen molar-refractivity contribution in [1.29, 1.82) is 5.26 Å². The summed E-state index contributed by atoms with van der Waals surface area (Å²) in [5.41, 5.74) is 2.68. The van der Waals surface area contributed by atoms with E-state index in [1.165, 1.54) is 0 Å². The fraction of sp³-hybridized carbons (Fsp3) is 0.625. The maximum absolute atomic E-state index is 9.29. The second-order valence-electron chi connectivity index (χ2n) is 7.16. The van der Waals surface area contributed by atoms with E-state index >= 15 is 0 Å². The molecule has 0 atom stereocenters. The predicted molar refractivity (Wildman–Crippen MR) is 80.2 cm³/mol. The van der Waals surface area contributed by atoms with Gasteiger partial charge in [0, 0.05) is 11.2 Å². The summed E-state index contributed by atoms with van der Waals surface area (Å²) in [5.74, 6) is 0.703. The molecule has 0 fully saturated rings. The maximum Gasteiger partial charge on any atom is 0.144 e. The van der Waals surface area contributed by atoms with Gasteiger partial charge in [0.15, 0.2) is 0 Å². The van der Waals surface area contributed by atoms with Crippen molar-refractivity contribution in [3.8, 4) is 6.07 Å². The minimum atomic E-state index is -0.100. The number of hydrogen-bond donors (Lipinski definition) is 1. The molecule has 0 radical (unpaired) electrons. The van der Waals surface area contributed by atoms with Crippen molar-refractivity contribution in [3.63, 3.8) is 0 Å². The van der Waals surface area contributed by atoms with Crippen LogP contribution >= 0.6 is 0 Å². The minimum absolute atomic E-state index is 0.100. The van der Waals surface area contributed by atoms with Crippen LogP contribution in [0.5, 0.6) is 0 Å². The van der Waals surface area contributed by atoms with Crippen LogP contribution in [0.25, 0.3) is 0 Å². The lowest BCUT2D eigenvalue weighted by molar-refractivity contribution is 0.302. The molecule has 3 nitrogen and oxygen atoms in total. The van der Waals surface area contributed by atoms with Crippen molar-refractivity contribution in [2.45, 2.75) is 60.4 Å². The summed E-state index contributed by atoms with van der Waals surface area (Å²) in [6.45, 7) is 14.9. The van der Waals surface area contributed by atoms with Crippen LogP contribution in [0.1, 0.15) is 57.9 Å². The van der Waals surface area contributed by atoms with Gasteiger partial charge in [-0.1, -0.05) is 20.8 Å². The molecule has 0 aromatic carbocycles. The molecular formula is C16H25N3. The standard InChI is InChI=1S/C16H25N3/c1-11-8-12(2)18-14(13(11)9-17)19-16(6,7)10-15(3,4)5/h8H,10H2,1-7H3,(H,18,19). The van der Waals surface area contributed by atoms with E-state index in [1.54, 1.807) is 0 Å². The Morgan fingerprint density at radius 2 is 1.79 bits per heavy atom. The lowest BCUT2D eigenvalue weighted by Crippen LogP contribution is -2.36. The van der Waals surface area contributed by atoms with E-state index in [1.807, 2.05) is 19.9 Å². The molecule has 1 aromatic rings. The van der Waals surface area contributed by atoms with E-state index in [2.05, 4.69) is 51.0 Å². The summed E-state index contributed by atoms with van der Waals surface area (Å²) in [6.07, 6.45) is 1.000. The fourth-order valence-corrected chi connectivity index (χ4v) is 2.76. The summed E-state index contributed by atoms with van der Waals surface area (Å²) >= 11 is 0. The van der Waals surface area contributed by atoms with Gasteiger partial charge in [0.1, 0.15) is 11.9 Å². The van der Waals surface area contributed by atoms with E-state index in [9.17, 15) is 5.26 Å². The Hall–Kier alpha value is -1.56. The van der Waals surface area contributed by atoms with Crippen LogP contribution in [0, 0.1) is 30.6 Å². The second kappa shape index (κ2) is 5.21. The molecule has 104 valence electrons. The number of nitriles is 1. The highest BCUT2D eigenvalue weighted by Gasteiger charge is 2.26. The zero-order valence-corrected chi connectivity index (χ0v) is 13.2. The van der Waals surface area contributed by atoms with Crippen LogP contribution in [-0.4, -0.2) is 10.5 Å². The zero-order valence-electron chi connectivity index (χ0n) is 13.2. The Bertz CT molecular complexity index is 502. The molecule has 0 aliphatic rings. The number of pyridine rings is 1. The quantitative estimate of drug-likeness (QED) is 0.885. The molecule has 0 aliphatic carbocycles. The Balaban J connectivity index is 3.09. The number of hydrogen-bond acceptors (Lipinski definition) is 3. The van der Waals surface area contributed by atoms with Gasteiger partial charge < -0.3 is 5.32 Å². The third-order valence-corrected chi connectivity index (χ3v) is 2.89. The number of rotatable bonds is 3. The fourth-order valence-electron chi connectivity index (χ4n) is 2.76. The van der Waals surface area contributed by atoms with Crippen LogP contribution in [0.2, 0.25) is 0 Å². The molecular weight excluding hydrogens is 234 g/mol. The van der Waals surface area contributed by atoms with E-state index < -0.39 is 0 Å². The number of nitrogens with zero attached hydrogens (tertiary/aromatic N) is 2. The zero-order chi connectivity index (χ0) is 14.8. The summed E-state index contributed by atoms with van der Waals surface area (Å²) in [5, 5.41) is 12.7. The monoisotopic (exact) mass is 259 g/mol. The predicted octanol–water partition coefficient (Wildman–Crippen LogP) is 4.20. The molecule has 19 heavy (non-hydrogen) atoms. The first-order valence-electron chi connectivity index (χ1n) is 6.71. The maximum atomic E-state index is 9.29. The Morgan fingerprint density at radius 1 is 1.21 bits per heavy atom. The highest BCUT2D eigenvalue weighted by Crippen LogP contribution is 2.30. The van der Waals surface area contributed by atoms with Gasteiger partial charge in [-0.25, -0.2) is 4.98 Å². The first-order valence-corrected chi connectivity index (χ1v) is 6.71. The van der Waals surface area contributed by atoms with Crippen LogP contribution in [0.4, 0.5) is 5.82 Å². The lowest BCUT2D eigenvalue weighted by atomic mass is 9.81. The largest absolute Gasteiger partial charge is 0.364 e. The highest BCUT2D eigenvalue weighted by molar-refractivity contribution is 5.57. The Labute approximate surface area is 117 Å². The van der Waals surface area contributed by atoms with Crippen molar-refractivity contribution in [2.75, 3.05) is 5.32 Å². The molecule has 1 N–H and O–H groups in total. The molecule has 0 bridgehead atoms. The Morgan fingerprint density at radius 3 is 2.26 bits per heavy atom. The number of anilines is 1. The van der Waals surface area contributed by atoms with Crippen LogP contribution in [0.15, 0.2) is 6.07 Å². The van der Waals surface area contributed by atoms with Crippen molar-refractivity contribution in [1.82, 2.24) is 4.98 Å². The summed E-state index contributed by atoms with van der Waals surface area (Å²) in [7, 11) is 0. The lowest BCUT2D eigenvalue weighted by Gasteiger charge is -2.34. The normalized spacial score (nSPS) is 12.1. The number of aryl methyl sites for hydroxylation is 2. The van der Waals surface area contributed by atoms with Gasteiger partial charge in [0.25, 0.3) is 0 Å². The van der Waals surface area contributed by atoms with Crippen LogP contribution < -0.4 is 5.32 Å². The molecule has 1 heterocycles. The summed E-state index contributed by atoms with van der Waals surface area (Å²) in [4.78, 5) is 4.49. The molecule has 3 heteroatoms. The topological polar surface area (TPSA) is 48.7 Å². The van der Waals surface area contributed by atoms with E-state index in [-0.39, 0.29) is 11.0 Å². The number of aromatic nitrogens is 1. The highest BCUT2D eigenvalue weighted by atomic mass is 15.1. The van der Waals surface area contributed by atoms with E-state index in [0.717, 1.165) is 17.7 Å². The van der Waals surface area contributed by atoms with E-state index in [4.69, 9.17) is 0 Å². The van der Waals surface area contributed by atoms with Crippen molar-refractivity contribution in [3.05, 3.63) is 22.9 Å². The van der Waals surface area contributed by atoms with E-state index in [0.29, 0.717) is 11.4 Å². The average Bonchev–Trinajstić information content (AvgIpc) is 2.11. The molecule has 0 saturated heterocycles. The van der Waals surface area contributed by atoms with Crippen molar-refractivity contribution >= 4 is 5.82 Å². The molecule has 0 saturated carbocycles. The van der Waals surface area contributed by atoms with Crippen molar-refractivity contribution < 1.29 is 0 Å². The molecule has 1 rings (SSSR count). The van der Waals surface area contributed by atoms with Gasteiger partial charge in [-0.3, -0.25) is 0 Å². The third kappa shape index (κ3) is 4.55. The van der Waals surface area contributed by atoms with Gasteiger partial charge >= 0.3 is 0 Å². The smallest absolute Gasteiger partial charge is 0.144 e. The van der Waals surface area contributed by atoms with Gasteiger partial charge in [-0.05, 0) is 51.2 Å². The van der Waals surface area contributed by atoms with Crippen LogP contribution in [-0.2, 0) is 0 Å². The molecule has 0 aliphatic heterocycles. The second-order valence-corrected chi connectivity index (χ2v) is 7.16. The van der Waals surface area contributed by atoms with Crippen molar-refractivity contribution in [2.24, 2.45) is 5.41 Å². The molecule has 1 aromatic heterocycles. The first-order chi connectivity index (χ1) is 8.54. The van der Waals surface area contributed by atoms with Gasteiger partial charge in [0.05, 0.1) is 5.56 Å². The molecule has 0 unspecified atom stereocenters. The SMILES string of the molecule is Cc1cc(C)c(C#N)c(NC(C)(C)CC(C)(C)C)n1. The average molecular weight is 259 g/mol. The van der Waals surface area contributed by atoms with Crippen LogP contribution in [0.3, 0.4) is 0 Å². The number of nitrogens with one attached hydrogen (secondary N) is 1. The van der Waals surface area contributed by atoms with Gasteiger partial charge in [0.2, 0.25) is 0 Å². The van der Waals surface area contributed by atoms with Gasteiger partial charge in [-0.2, -0.15) is 5.26 Å². The summed E-state index contributed by atoms with van der Waals surface area (Å²) < 4.78 is 0. The molecule has 0 spiro atoms. The van der Waals surface area contributed by atoms with Gasteiger partial charge in [-0.15, -0.1) is 0 Å². The minimum Gasteiger partial charge on any atom is -0.364 e. The Kier molecular flexibility index (Phi) is 4.25. The third-order valence-electron chi connectivity index (χ3n) is 2.89. The molecule has 0 amide bonds. The first kappa shape index (κ1) is 15.5.